The van der Waals surface area contributed by atoms with Crippen molar-refractivity contribution in [3.63, 3.8) is 0 Å². The van der Waals surface area contributed by atoms with Crippen LogP contribution in [0.4, 0.5) is 0 Å². The highest BCUT2D eigenvalue weighted by atomic mass is 35.5. The van der Waals surface area contributed by atoms with E-state index in [1.807, 2.05) is 12.1 Å². The predicted molar refractivity (Wildman–Crippen MR) is 82.2 cm³/mol. The Morgan fingerprint density at radius 3 is 2.40 bits per heavy atom. The van der Waals surface area contributed by atoms with Gasteiger partial charge in [-0.1, -0.05) is 43.0 Å². The molecule has 3 heteroatoms. The molecular formula is C17H22ClNO. The number of hydrogen-bond donors (Lipinski definition) is 0. The van der Waals surface area contributed by atoms with E-state index in [1.54, 1.807) is 0 Å². The molecular weight excluding hydrogens is 270 g/mol. The van der Waals surface area contributed by atoms with Gasteiger partial charge >= 0.3 is 0 Å². The highest BCUT2D eigenvalue weighted by Crippen LogP contribution is 2.35. The Kier molecular flexibility index (Phi) is 4.42. The van der Waals surface area contributed by atoms with E-state index in [2.05, 4.69) is 17.0 Å². The van der Waals surface area contributed by atoms with Crippen LogP contribution in [0.25, 0.3) is 0 Å². The van der Waals surface area contributed by atoms with Gasteiger partial charge in [0.25, 0.3) is 0 Å². The van der Waals surface area contributed by atoms with Gasteiger partial charge in [0, 0.05) is 36.0 Å². The minimum absolute atomic E-state index is 0.137. The van der Waals surface area contributed by atoms with E-state index in [-0.39, 0.29) is 5.92 Å². The molecule has 1 heterocycles. The van der Waals surface area contributed by atoms with Crippen molar-refractivity contribution >= 4 is 17.9 Å². The van der Waals surface area contributed by atoms with Crippen LogP contribution in [0.3, 0.4) is 0 Å². The minimum Gasteiger partial charge on any atom is -0.303 e. The van der Waals surface area contributed by atoms with Gasteiger partial charge in [-0.3, -0.25) is 4.90 Å². The monoisotopic (exact) mass is 291 g/mol. The Hall–Kier alpha value is -0.860. The molecule has 2 fully saturated rings. The standard InChI is InChI=1S/C17H22ClNO/c18-15-8-6-13(7-9-15)17-11-19(10-14(17)12-20)16-4-2-1-3-5-16/h6-9,12,14,16-17H,1-5,10-11H2. The number of benzene rings is 1. The van der Waals surface area contributed by atoms with Crippen LogP contribution in [0, 0.1) is 5.92 Å². The van der Waals surface area contributed by atoms with Crippen molar-refractivity contribution in [2.45, 2.75) is 44.1 Å². The molecule has 0 bridgehead atoms. The number of carbonyl (C=O) groups excluding carboxylic acids is 1. The van der Waals surface area contributed by atoms with Crippen LogP contribution in [-0.2, 0) is 4.79 Å². The number of aldehydes is 1. The molecule has 0 aromatic heterocycles. The Morgan fingerprint density at radius 2 is 1.75 bits per heavy atom. The topological polar surface area (TPSA) is 20.3 Å². The van der Waals surface area contributed by atoms with Crippen LogP contribution in [0.5, 0.6) is 0 Å². The summed E-state index contributed by atoms with van der Waals surface area (Å²) in [5.41, 5.74) is 1.25. The molecule has 1 aliphatic heterocycles. The second kappa shape index (κ2) is 6.28. The number of halogens is 1. The first-order valence-corrected chi connectivity index (χ1v) is 8.10. The first-order valence-electron chi connectivity index (χ1n) is 7.73. The zero-order chi connectivity index (χ0) is 13.9. The largest absolute Gasteiger partial charge is 0.303 e. The number of carbonyl (C=O) groups is 1. The predicted octanol–water partition coefficient (Wildman–Crippen LogP) is 3.89. The molecule has 2 aliphatic rings. The second-order valence-corrected chi connectivity index (χ2v) is 6.64. The highest BCUT2D eigenvalue weighted by Gasteiger charge is 2.36. The van der Waals surface area contributed by atoms with Crippen molar-refractivity contribution in [1.82, 2.24) is 4.90 Å². The van der Waals surface area contributed by atoms with Crippen molar-refractivity contribution in [1.29, 1.82) is 0 Å². The van der Waals surface area contributed by atoms with Gasteiger partial charge in [0.1, 0.15) is 6.29 Å². The summed E-state index contributed by atoms with van der Waals surface area (Å²) in [6.45, 7) is 1.96. The van der Waals surface area contributed by atoms with Crippen molar-refractivity contribution in [3.05, 3.63) is 34.9 Å². The van der Waals surface area contributed by atoms with Gasteiger partial charge in [-0.05, 0) is 30.5 Å². The molecule has 3 rings (SSSR count). The zero-order valence-corrected chi connectivity index (χ0v) is 12.6. The van der Waals surface area contributed by atoms with Gasteiger partial charge in [0.15, 0.2) is 0 Å². The third-order valence-corrected chi connectivity index (χ3v) is 5.21. The molecule has 1 saturated carbocycles. The van der Waals surface area contributed by atoms with E-state index in [0.29, 0.717) is 12.0 Å². The van der Waals surface area contributed by atoms with Crippen LogP contribution in [0.2, 0.25) is 5.02 Å². The first-order chi connectivity index (χ1) is 9.78. The summed E-state index contributed by atoms with van der Waals surface area (Å²) in [4.78, 5) is 14.0. The van der Waals surface area contributed by atoms with Crippen LogP contribution in [-0.4, -0.2) is 30.3 Å². The molecule has 2 atom stereocenters. The minimum atomic E-state index is 0.137. The summed E-state index contributed by atoms with van der Waals surface area (Å²) >= 11 is 5.96. The smallest absolute Gasteiger partial charge is 0.125 e. The lowest BCUT2D eigenvalue weighted by atomic mass is 9.90. The molecule has 1 saturated heterocycles. The highest BCUT2D eigenvalue weighted by molar-refractivity contribution is 6.30. The summed E-state index contributed by atoms with van der Waals surface area (Å²) in [6, 6.07) is 8.72. The normalized spacial score (nSPS) is 28.6. The molecule has 108 valence electrons. The average molecular weight is 292 g/mol. The molecule has 20 heavy (non-hydrogen) atoms. The third kappa shape index (κ3) is 2.91. The summed E-state index contributed by atoms with van der Waals surface area (Å²) in [6.07, 6.45) is 7.83. The molecule has 1 aromatic rings. The first kappa shape index (κ1) is 14.1. The number of nitrogens with zero attached hydrogens (tertiary/aromatic N) is 1. The lowest BCUT2D eigenvalue weighted by Gasteiger charge is -2.31. The third-order valence-electron chi connectivity index (χ3n) is 4.96. The SMILES string of the molecule is O=CC1CN(C2CCCCC2)CC1c1ccc(Cl)cc1. The van der Waals surface area contributed by atoms with E-state index in [4.69, 9.17) is 11.6 Å². The van der Waals surface area contributed by atoms with Crippen LogP contribution >= 0.6 is 11.6 Å². The summed E-state index contributed by atoms with van der Waals surface area (Å²) < 4.78 is 0. The van der Waals surface area contributed by atoms with E-state index in [0.717, 1.165) is 24.4 Å². The maximum absolute atomic E-state index is 11.4. The van der Waals surface area contributed by atoms with Gasteiger partial charge in [0.05, 0.1) is 0 Å². The number of likely N-dealkylation sites (tertiary alicyclic amines) is 1. The lowest BCUT2D eigenvalue weighted by Crippen LogP contribution is -2.35. The van der Waals surface area contributed by atoms with Gasteiger partial charge in [-0.25, -0.2) is 0 Å². The van der Waals surface area contributed by atoms with Crippen molar-refractivity contribution in [3.8, 4) is 0 Å². The average Bonchev–Trinajstić information content (AvgIpc) is 2.93. The van der Waals surface area contributed by atoms with Gasteiger partial charge in [0.2, 0.25) is 0 Å². The van der Waals surface area contributed by atoms with Gasteiger partial charge in [-0.15, -0.1) is 0 Å². The van der Waals surface area contributed by atoms with E-state index < -0.39 is 0 Å². The van der Waals surface area contributed by atoms with E-state index in [1.165, 1.54) is 37.7 Å². The molecule has 0 radical (unpaired) electrons. The Labute approximate surface area is 126 Å². The lowest BCUT2D eigenvalue weighted by molar-refractivity contribution is -0.111. The molecule has 1 aliphatic carbocycles. The fourth-order valence-corrected chi connectivity index (χ4v) is 3.93. The molecule has 2 unspecified atom stereocenters. The fourth-order valence-electron chi connectivity index (χ4n) is 3.81. The summed E-state index contributed by atoms with van der Waals surface area (Å²) in [5.74, 6) is 0.477. The quantitative estimate of drug-likeness (QED) is 0.788. The maximum Gasteiger partial charge on any atom is 0.125 e. The molecule has 0 spiro atoms. The Balaban J connectivity index is 1.73. The van der Waals surface area contributed by atoms with Gasteiger partial charge < -0.3 is 4.79 Å². The maximum atomic E-state index is 11.4. The number of rotatable bonds is 3. The Morgan fingerprint density at radius 1 is 1.05 bits per heavy atom. The van der Waals surface area contributed by atoms with Crippen molar-refractivity contribution < 1.29 is 4.79 Å². The summed E-state index contributed by atoms with van der Waals surface area (Å²) in [7, 11) is 0. The van der Waals surface area contributed by atoms with E-state index >= 15 is 0 Å². The molecule has 2 nitrogen and oxygen atoms in total. The molecule has 0 N–H and O–H groups in total. The second-order valence-electron chi connectivity index (χ2n) is 6.20. The Bertz CT molecular complexity index is 453. The summed E-state index contributed by atoms with van der Waals surface area (Å²) in [5, 5.41) is 0.763. The van der Waals surface area contributed by atoms with Gasteiger partial charge in [-0.2, -0.15) is 0 Å². The zero-order valence-electron chi connectivity index (χ0n) is 11.8. The fraction of sp³-hybridized carbons (Fsp3) is 0.588. The molecule has 0 amide bonds. The van der Waals surface area contributed by atoms with E-state index in [9.17, 15) is 4.79 Å². The molecule has 1 aromatic carbocycles. The van der Waals surface area contributed by atoms with Crippen molar-refractivity contribution in [2.24, 2.45) is 5.92 Å². The van der Waals surface area contributed by atoms with Crippen LogP contribution in [0.1, 0.15) is 43.6 Å². The number of hydrogen-bond acceptors (Lipinski definition) is 2. The van der Waals surface area contributed by atoms with Crippen molar-refractivity contribution in [2.75, 3.05) is 13.1 Å². The van der Waals surface area contributed by atoms with Crippen LogP contribution in [0.15, 0.2) is 24.3 Å². The van der Waals surface area contributed by atoms with Crippen LogP contribution < -0.4 is 0 Å².